The van der Waals surface area contributed by atoms with Gasteiger partial charge in [0.15, 0.2) is 0 Å². The molecule has 2 rings (SSSR count). The maximum Gasteiger partial charge on any atom is 0.311 e. The van der Waals surface area contributed by atoms with Gasteiger partial charge in [0.1, 0.15) is 5.82 Å². The second kappa shape index (κ2) is 8.22. The highest BCUT2D eigenvalue weighted by atomic mass is 19.1. The number of nitrogens with zero attached hydrogens (tertiary/aromatic N) is 1. The second-order valence-corrected chi connectivity index (χ2v) is 6.12. The van der Waals surface area contributed by atoms with Crippen LogP contribution in [0.2, 0.25) is 0 Å². The van der Waals surface area contributed by atoms with Crippen LogP contribution in [0, 0.1) is 11.2 Å². The smallest absolute Gasteiger partial charge is 0.311 e. The van der Waals surface area contributed by atoms with Gasteiger partial charge in [-0.05, 0) is 43.5 Å². The van der Waals surface area contributed by atoms with E-state index < -0.39 is 11.4 Å². The highest BCUT2D eigenvalue weighted by molar-refractivity contribution is 5.75. The third-order valence-electron chi connectivity index (χ3n) is 4.44. The van der Waals surface area contributed by atoms with Gasteiger partial charge in [0, 0.05) is 26.8 Å². The van der Waals surface area contributed by atoms with Crippen LogP contribution in [0.5, 0.6) is 0 Å². The van der Waals surface area contributed by atoms with Gasteiger partial charge in [-0.3, -0.25) is 9.69 Å². The Bertz CT molecular complexity index is 544. The van der Waals surface area contributed by atoms with E-state index in [1.54, 1.807) is 19.2 Å². The number of carbonyl (C=O) groups is 1. The first-order chi connectivity index (χ1) is 11.1. The average molecular weight is 321 g/mol. The molecule has 0 amide bonds. The fourth-order valence-corrected chi connectivity index (χ4v) is 3.08. The van der Waals surface area contributed by atoms with Gasteiger partial charge in [0.25, 0.3) is 0 Å². The van der Waals surface area contributed by atoms with Gasteiger partial charge in [-0.1, -0.05) is 24.3 Å². The van der Waals surface area contributed by atoms with E-state index in [9.17, 15) is 14.3 Å². The van der Waals surface area contributed by atoms with Gasteiger partial charge < -0.3 is 9.84 Å². The summed E-state index contributed by atoms with van der Waals surface area (Å²) in [6, 6.07) is 6.31. The number of hydrogen-bond donors (Lipinski definition) is 1. The zero-order valence-corrected chi connectivity index (χ0v) is 13.5. The highest BCUT2D eigenvalue weighted by Gasteiger charge is 2.41. The second-order valence-electron chi connectivity index (χ2n) is 6.12. The Labute approximate surface area is 136 Å². The quantitative estimate of drug-likeness (QED) is 0.838. The molecule has 1 aromatic rings. The number of methoxy groups -OCH3 is 1. The summed E-state index contributed by atoms with van der Waals surface area (Å²) in [5.74, 6) is -0.982. The lowest BCUT2D eigenvalue weighted by molar-refractivity contribution is -0.154. The molecule has 1 saturated heterocycles. The molecule has 0 unspecified atom stereocenters. The Hall–Kier alpha value is -1.72. The van der Waals surface area contributed by atoms with Crippen LogP contribution in [0.1, 0.15) is 24.8 Å². The van der Waals surface area contributed by atoms with E-state index in [-0.39, 0.29) is 5.82 Å². The van der Waals surface area contributed by atoms with Crippen LogP contribution < -0.4 is 0 Å². The number of benzene rings is 1. The van der Waals surface area contributed by atoms with Crippen molar-refractivity contribution >= 4 is 12.0 Å². The lowest BCUT2D eigenvalue weighted by atomic mass is 9.77. The van der Waals surface area contributed by atoms with Crippen molar-refractivity contribution in [2.45, 2.75) is 19.3 Å². The van der Waals surface area contributed by atoms with Crippen LogP contribution >= 0.6 is 0 Å². The molecule has 126 valence electrons. The van der Waals surface area contributed by atoms with Crippen molar-refractivity contribution in [3.63, 3.8) is 0 Å². The number of carboxylic acid groups (broad SMARTS) is 1. The van der Waals surface area contributed by atoms with E-state index in [2.05, 4.69) is 4.90 Å². The Balaban J connectivity index is 1.94. The van der Waals surface area contributed by atoms with Crippen molar-refractivity contribution in [2.75, 3.05) is 33.4 Å². The van der Waals surface area contributed by atoms with E-state index >= 15 is 0 Å². The molecule has 1 N–H and O–H groups in total. The molecule has 1 aliphatic heterocycles. The molecule has 0 aliphatic carbocycles. The number of ether oxygens (including phenoxy) is 1. The fraction of sp³-hybridized carbons (Fsp3) is 0.500. The van der Waals surface area contributed by atoms with E-state index in [0.717, 1.165) is 18.5 Å². The van der Waals surface area contributed by atoms with Crippen LogP contribution in [-0.4, -0.2) is 49.3 Å². The monoisotopic (exact) mass is 321 g/mol. The predicted molar refractivity (Wildman–Crippen MR) is 87.7 cm³/mol. The molecule has 4 nitrogen and oxygen atoms in total. The van der Waals surface area contributed by atoms with Crippen LogP contribution in [-0.2, 0) is 9.53 Å². The number of likely N-dealkylation sites (tertiary alicyclic amines) is 1. The molecule has 23 heavy (non-hydrogen) atoms. The van der Waals surface area contributed by atoms with Crippen LogP contribution in [0.15, 0.2) is 30.3 Å². The van der Waals surface area contributed by atoms with Crippen LogP contribution in [0.3, 0.4) is 0 Å². The van der Waals surface area contributed by atoms with Gasteiger partial charge >= 0.3 is 5.97 Å². The molecule has 0 bridgehead atoms. The maximum atomic E-state index is 12.9. The van der Waals surface area contributed by atoms with Gasteiger partial charge in [0.05, 0.1) is 5.41 Å². The van der Waals surface area contributed by atoms with Gasteiger partial charge in [-0.2, -0.15) is 0 Å². The van der Waals surface area contributed by atoms with Crippen LogP contribution in [0.4, 0.5) is 4.39 Å². The molecule has 0 saturated carbocycles. The standard InChI is InChI=1S/C18H24FNO3/c1-23-13-10-18(17(21)22)9-3-12-20(14-18)11-2-4-15-5-7-16(19)8-6-15/h2,4-8H,3,9-14H2,1H3,(H,21,22)/b4-2+/t18-/m1/s1. The van der Waals surface area contributed by atoms with Gasteiger partial charge in [0.2, 0.25) is 0 Å². The van der Waals surface area contributed by atoms with Crippen molar-refractivity contribution in [1.82, 2.24) is 4.90 Å². The lowest BCUT2D eigenvalue weighted by Crippen LogP contribution is -2.48. The zero-order valence-electron chi connectivity index (χ0n) is 13.5. The van der Waals surface area contributed by atoms with Crippen LogP contribution in [0.25, 0.3) is 6.08 Å². The highest BCUT2D eigenvalue weighted by Crippen LogP contribution is 2.34. The molecule has 1 fully saturated rings. The third kappa shape index (κ3) is 4.88. The zero-order chi connectivity index (χ0) is 16.7. The molecule has 1 aliphatic rings. The Morgan fingerprint density at radius 3 is 2.83 bits per heavy atom. The molecule has 0 aromatic heterocycles. The minimum absolute atomic E-state index is 0.248. The summed E-state index contributed by atoms with van der Waals surface area (Å²) in [6.07, 6.45) is 6.05. The first-order valence-corrected chi connectivity index (χ1v) is 7.92. The molecular weight excluding hydrogens is 297 g/mol. The fourth-order valence-electron chi connectivity index (χ4n) is 3.08. The summed E-state index contributed by atoms with van der Waals surface area (Å²) >= 11 is 0. The number of carboxylic acids is 1. The van der Waals surface area contributed by atoms with E-state index in [4.69, 9.17) is 4.74 Å². The summed E-state index contributed by atoms with van der Waals surface area (Å²) in [5, 5.41) is 9.63. The van der Waals surface area contributed by atoms with Gasteiger partial charge in [-0.25, -0.2) is 4.39 Å². The molecule has 5 heteroatoms. The largest absolute Gasteiger partial charge is 0.481 e. The SMILES string of the molecule is COCC[C@]1(C(=O)O)CCCN(C/C=C/c2ccc(F)cc2)C1. The molecule has 0 spiro atoms. The van der Waals surface area contributed by atoms with E-state index in [1.807, 2.05) is 12.2 Å². The normalized spacial score (nSPS) is 22.5. The van der Waals surface area contributed by atoms with E-state index in [0.29, 0.717) is 32.5 Å². The first kappa shape index (κ1) is 17.6. The van der Waals surface area contributed by atoms with Crippen molar-refractivity contribution in [3.8, 4) is 0 Å². The molecule has 1 atom stereocenters. The van der Waals surface area contributed by atoms with Crippen molar-refractivity contribution < 1.29 is 19.0 Å². The summed E-state index contributed by atoms with van der Waals surface area (Å²) in [6.45, 7) is 2.60. The number of rotatable bonds is 7. The predicted octanol–water partition coefficient (Wildman–Crippen LogP) is 3.04. The Morgan fingerprint density at radius 1 is 1.43 bits per heavy atom. The molecule has 1 aromatic carbocycles. The average Bonchev–Trinajstić information content (AvgIpc) is 2.55. The van der Waals surface area contributed by atoms with Crippen molar-refractivity contribution in [1.29, 1.82) is 0 Å². The Kier molecular flexibility index (Phi) is 6.30. The summed E-state index contributed by atoms with van der Waals surface area (Å²) in [4.78, 5) is 13.9. The van der Waals surface area contributed by atoms with Gasteiger partial charge in [-0.15, -0.1) is 0 Å². The lowest BCUT2D eigenvalue weighted by Gasteiger charge is -2.39. The third-order valence-corrected chi connectivity index (χ3v) is 4.44. The number of piperidine rings is 1. The van der Waals surface area contributed by atoms with E-state index in [1.165, 1.54) is 12.1 Å². The Morgan fingerprint density at radius 2 is 2.17 bits per heavy atom. The van der Waals surface area contributed by atoms with Crippen molar-refractivity contribution in [3.05, 3.63) is 41.7 Å². The summed E-state index contributed by atoms with van der Waals surface area (Å²) in [5.41, 5.74) is 0.227. The number of hydrogen-bond acceptors (Lipinski definition) is 3. The number of halogens is 1. The molecule has 1 heterocycles. The number of aliphatic carboxylic acids is 1. The summed E-state index contributed by atoms with van der Waals surface area (Å²) < 4.78 is 17.9. The minimum Gasteiger partial charge on any atom is -0.481 e. The van der Waals surface area contributed by atoms with Crippen molar-refractivity contribution in [2.24, 2.45) is 5.41 Å². The minimum atomic E-state index is -0.734. The topological polar surface area (TPSA) is 49.8 Å². The molecular formula is C18H24FNO3. The molecule has 0 radical (unpaired) electrons. The first-order valence-electron chi connectivity index (χ1n) is 7.92. The summed E-state index contributed by atoms with van der Waals surface area (Å²) in [7, 11) is 1.60. The maximum absolute atomic E-state index is 12.9.